The van der Waals surface area contributed by atoms with Crippen LogP contribution in [0.4, 0.5) is 4.39 Å². The summed E-state index contributed by atoms with van der Waals surface area (Å²) in [5, 5.41) is 8.69. The van der Waals surface area contributed by atoms with Crippen molar-refractivity contribution in [1.82, 2.24) is 4.90 Å². The number of amides is 1. The molecule has 5 nitrogen and oxygen atoms in total. The van der Waals surface area contributed by atoms with Gasteiger partial charge in [0.1, 0.15) is 0 Å². The maximum atomic E-state index is 13.6. The largest absolute Gasteiger partial charge is 0.481 e. The number of rotatable bonds is 7. The Morgan fingerprint density at radius 3 is 2.71 bits per heavy atom. The number of hydrogen-bond donors (Lipinski definition) is 1. The number of carbonyl (C=O) groups is 2. The molecule has 1 aromatic rings. The number of carbonyl (C=O) groups excluding carboxylic acids is 1. The molecular weight excluding hydrogens is 345 g/mol. The van der Waals surface area contributed by atoms with Crippen LogP contribution in [0, 0.1) is 5.82 Å². The van der Waals surface area contributed by atoms with E-state index >= 15 is 0 Å². The van der Waals surface area contributed by atoms with Gasteiger partial charge < -0.3 is 14.7 Å². The summed E-state index contributed by atoms with van der Waals surface area (Å²) in [5.41, 5.74) is 0. The van der Waals surface area contributed by atoms with Gasteiger partial charge in [-0.25, -0.2) is 4.39 Å². The molecule has 1 amide bonds. The maximum absolute atomic E-state index is 13.6. The Morgan fingerprint density at radius 1 is 1.43 bits per heavy atom. The van der Waals surface area contributed by atoms with Gasteiger partial charge in [-0.2, -0.15) is 0 Å². The molecule has 0 unspecified atom stereocenters. The number of hydrogen-bond acceptors (Lipinski definition) is 3. The SMILES string of the molecule is O=C(O)CCN(C(=O)COc1ccc(Br)cc1F)C1CC1. The second kappa shape index (κ2) is 6.89. The number of aliphatic carboxylic acids is 1. The Kier molecular flexibility index (Phi) is 5.17. The number of carboxylic acids is 1. The van der Waals surface area contributed by atoms with Crippen molar-refractivity contribution in [3.8, 4) is 5.75 Å². The van der Waals surface area contributed by atoms with Crippen LogP contribution >= 0.6 is 15.9 Å². The van der Waals surface area contributed by atoms with Crippen molar-refractivity contribution >= 4 is 27.8 Å². The fraction of sp³-hybridized carbons (Fsp3) is 0.429. The standard InChI is InChI=1S/C14H15BrFNO4/c15-9-1-4-12(11(16)7-9)21-8-13(18)17(10-2-3-10)6-5-14(19)20/h1,4,7,10H,2-3,5-6,8H2,(H,19,20). The van der Waals surface area contributed by atoms with Gasteiger partial charge in [0.05, 0.1) is 6.42 Å². The third-order valence-electron chi connectivity index (χ3n) is 3.12. The van der Waals surface area contributed by atoms with E-state index in [-0.39, 0.29) is 37.3 Å². The average Bonchev–Trinajstić information content (AvgIpc) is 3.22. The molecule has 21 heavy (non-hydrogen) atoms. The van der Waals surface area contributed by atoms with E-state index in [0.717, 1.165) is 12.8 Å². The molecule has 7 heteroatoms. The summed E-state index contributed by atoms with van der Waals surface area (Å²) in [7, 11) is 0. The number of benzene rings is 1. The molecule has 1 N–H and O–H groups in total. The normalized spacial score (nSPS) is 13.8. The van der Waals surface area contributed by atoms with Gasteiger partial charge in [0.2, 0.25) is 0 Å². The Morgan fingerprint density at radius 2 is 2.14 bits per heavy atom. The second-order valence-corrected chi connectivity index (χ2v) is 5.74. The van der Waals surface area contributed by atoms with E-state index < -0.39 is 11.8 Å². The number of ether oxygens (including phenoxy) is 1. The van der Waals surface area contributed by atoms with Crippen molar-refractivity contribution in [3.63, 3.8) is 0 Å². The van der Waals surface area contributed by atoms with Gasteiger partial charge in [0, 0.05) is 17.1 Å². The van der Waals surface area contributed by atoms with E-state index in [1.54, 1.807) is 6.07 Å². The van der Waals surface area contributed by atoms with E-state index in [1.807, 2.05) is 0 Å². The minimum Gasteiger partial charge on any atom is -0.481 e. The zero-order chi connectivity index (χ0) is 15.4. The second-order valence-electron chi connectivity index (χ2n) is 4.83. The van der Waals surface area contributed by atoms with E-state index in [2.05, 4.69) is 15.9 Å². The van der Waals surface area contributed by atoms with Gasteiger partial charge in [0.25, 0.3) is 5.91 Å². The summed E-state index contributed by atoms with van der Waals surface area (Å²) >= 11 is 3.13. The van der Waals surface area contributed by atoms with Gasteiger partial charge in [-0.1, -0.05) is 15.9 Å². The smallest absolute Gasteiger partial charge is 0.305 e. The van der Waals surface area contributed by atoms with Gasteiger partial charge in [0.15, 0.2) is 18.2 Å². The Labute approximate surface area is 129 Å². The number of halogens is 2. The molecule has 0 atom stereocenters. The molecule has 0 heterocycles. The van der Waals surface area contributed by atoms with Crippen LogP contribution < -0.4 is 4.74 Å². The van der Waals surface area contributed by atoms with Gasteiger partial charge in [-0.15, -0.1) is 0 Å². The molecule has 1 aliphatic carbocycles. The summed E-state index contributed by atoms with van der Waals surface area (Å²) in [4.78, 5) is 24.2. The zero-order valence-corrected chi connectivity index (χ0v) is 12.8. The molecule has 1 aliphatic rings. The van der Waals surface area contributed by atoms with Gasteiger partial charge in [-0.05, 0) is 31.0 Å². The van der Waals surface area contributed by atoms with Crippen molar-refractivity contribution < 1.29 is 23.8 Å². The van der Waals surface area contributed by atoms with E-state index in [4.69, 9.17) is 9.84 Å². The molecule has 0 spiro atoms. The monoisotopic (exact) mass is 359 g/mol. The van der Waals surface area contributed by atoms with Crippen molar-refractivity contribution in [2.24, 2.45) is 0 Å². The number of carboxylic acid groups (broad SMARTS) is 1. The lowest BCUT2D eigenvalue weighted by molar-refractivity contribution is -0.139. The van der Waals surface area contributed by atoms with Crippen LogP contribution in [0.5, 0.6) is 5.75 Å². The Bertz CT molecular complexity index is 548. The predicted molar refractivity (Wildman–Crippen MR) is 76.6 cm³/mol. The van der Waals surface area contributed by atoms with Crippen LogP contribution in [0.3, 0.4) is 0 Å². The number of nitrogens with zero attached hydrogens (tertiary/aromatic N) is 1. The minimum atomic E-state index is -0.951. The summed E-state index contributed by atoms with van der Waals surface area (Å²) in [6, 6.07) is 4.40. The highest BCUT2D eigenvalue weighted by Gasteiger charge is 2.32. The lowest BCUT2D eigenvalue weighted by atomic mass is 10.3. The first kappa shape index (κ1) is 15.8. The van der Waals surface area contributed by atoms with E-state index in [9.17, 15) is 14.0 Å². The first-order valence-corrected chi connectivity index (χ1v) is 7.36. The van der Waals surface area contributed by atoms with Crippen LogP contribution in [0.25, 0.3) is 0 Å². The van der Waals surface area contributed by atoms with Crippen molar-refractivity contribution in [3.05, 3.63) is 28.5 Å². The van der Waals surface area contributed by atoms with E-state index in [1.165, 1.54) is 17.0 Å². The lowest BCUT2D eigenvalue weighted by Crippen LogP contribution is -2.38. The summed E-state index contributed by atoms with van der Waals surface area (Å²) in [6.07, 6.45) is 1.64. The molecule has 1 aromatic carbocycles. The molecule has 0 aromatic heterocycles. The fourth-order valence-electron chi connectivity index (χ4n) is 1.93. The maximum Gasteiger partial charge on any atom is 0.305 e. The molecule has 0 bridgehead atoms. The molecular formula is C14H15BrFNO4. The highest BCUT2D eigenvalue weighted by atomic mass is 79.9. The molecule has 1 saturated carbocycles. The van der Waals surface area contributed by atoms with Crippen molar-refractivity contribution in [2.45, 2.75) is 25.3 Å². The fourth-order valence-corrected chi connectivity index (χ4v) is 2.26. The topological polar surface area (TPSA) is 66.8 Å². The van der Waals surface area contributed by atoms with Crippen LogP contribution in [0.15, 0.2) is 22.7 Å². The highest BCUT2D eigenvalue weighted by Crippen LogP contribution is 2.27. The first-order chi connectivity index (χ1) is 9.97. The summed E-state index contributed by atoms with van der Waals surface area (Å²) in [5.74, 6) is -1.82. The van der Waals surface area contributed by atoms with E-state index in [0.29, 0.717) is 4.47 Å². The lowest BCUT2D eigenvalue weighted by Gasteiger charge is -2.21. The Hall–Kier alpha value is -1.63. The van der Waals surface area contributed by atoms with Crippen LogP contribution in [0.1, 0.15) is 19.3 Å². The third-order valence-corrected chi connectivity index (χ3v) is 3.61. The predicted octanol–water partition coefficient (Wildman–Crippen LogP) is 2.43. The van der Waals surface area contributed by atoms with Crippen LogP contribution in [-0.4, -0.2) is 41.1 Å². The molecule has 0 saturated heterocycles. The quantitative estimate of drug-likeness (QED) is 0.811. The summed E-state index contributed by atoms with van der Waals surface area (Å²) in [6.45, 7) is -0.139. The average molecular weight is 360 g/mol. The minimum absolute atomic E-state index is 0.000492. The summed E-state index contributed by atoms with van der Waals surface area (Å²) < 4.78 is 19.3. The third kappa shape index (κ3) is 4.70. The molecule has 0 aliphatic heterocycles. The van der Waals surface area contributed by atoms with Crippen LogP contribution in [-0.2, 0) is 9.59 Å². The van der Waals surface area contributed by atoms with Crippen molar-refractivity contribution in [2.75, 3.05) is 13.2 Å². The zero-order valence-electron chi connectivity index (χ0n) is 11.2. The van der Waals surface area contributed by atoms with Gasteiger partial charge in [-0.3, -0.25) is 9.59 Å². The first-order valence-electron chi connectivity index (χ1n) is 6.56. The van der Waals surface area contributed by atoms with Gasteiger partial charge >= 0.3 is 5.97 Å². The molecule has 0 radical (unpaired) electrons. The molecule has 114 valence electrons. The highest BCUT2D eigenvalue weighted by molar-refractivity contribution is 9.10. The Balaban J connectivity index is 1.91. The molecule has 2 rings (SSSR count). The van der Waals surface area contributed by atoms with Crippen LogP contribution in [0.2, 0.25) is 0 Å². The molecule has 1 fully saturated rings. The van der Waals surface area contributed by atoms with Crippen molar-refractivity contribution in [1.29, 1.82) is 0 Å².